The van der Waals surface area contributed by atoms with Crippen LogP contribution in [0.15, 0.2) is 30.6 Å². The summed E-state index contributed by atoms with van der Waals surface area (Å²) in [5, 5.41) is 9.50. The maximum absolute atomic E-state index is 11.8. The molecule has 0 spiro atoms. The van der Waals surface area contributed by atoms with E-state index in [-0.39, 0.29) is 23.8 Å². The Hall–Kier alpha value is -2.07. The van der Waals surface area contributed by atoms with Gasteiger partial charge in [-0.25, -0.2) is 9.97 Å². The summed E-state index contributed by atoms with van der Waals surface area (Å²) < 4.78 is 19.2. The van der Waals surface area contributed by atoms with Gasteiger partial charge >= 0.3 is 0 Å². The average Bonchev–Trinajstić information content (AvgIpc) is 3.20. The molecule has 4 heterocycles. The van der Waals surface area contributed by atoms with E-state index in [2.05, 4.69) is 28.1 Å². The second kappa shape index (κ2) is 6.10. The molecule has 4 rings (SSSR count). The van der Waals surface area contributed by atoms with Crippen molar-refractivity contribution < 1.29 is 19.3 Å². The molecule has 0 saturated carbocycles. The first-order valence-electron chi connectivity index (χ1n) is 7.52. The minimum Gasteiger partial charge on any atom is -0.394 e. The number of imidazole rings is 1. The SMILES string of the molecule is C=C.CC1(C)O[C@@H]2[C@H](O1)[C@@H](n1cnc3c(=O)[nH]cnc31)O[C@H]2CO. The zero-order chi connectivity index (χ0) is 17.5. The van der Waals surface area contributed by atoms with Gasteiger partial charge < -0.3 is 24.3 Å². The molecule has 2 fully saturated rings. The number of H-pyrrole nitrogens is 1. The quantitative estimate of drug-likeness (QED) is 0.760. The maximum atomic E-state index is 11.8. The Morgan fingerprint density at radius 3 is 2.75 bits per heavy atom. The van der Waals surface area contributed by atoms with Gasteiger partial charge in [0.15, 0.2) is 23.2 Å². The van der Waals surface area contributed by atoms with Gasteiger partial charge in [0, 0.05) is 0 Å². The normalized spacial score (nSPS) is 30.8. The van der Waals surface area contributed by atoms with E-state index < -0.39 is 24.2 Å². The Bertz CT molecular complexity index is 786. The number of aromatic nitrogens is 4. The first-order chi connectivity index (χ1) is 11.5. The van der Waals surface area contributed by atoms with Gasteiger partial charge in [0.05, 0.1) is 19.3 Å². The second-order valence-electron chi connectivity index (χ2n) is 5.87. The predicted molar refractivity (Wildman–Crippen MR) is 84.2 cm³/mol. The molecule has 2 aliphatic heterocycles. The average molecular weight is 336 g/mol. The van der Waals surface area contributed by atoms with Crippen LogP contribution in [-0.2, 0) is 14.2 Å². The van der Waals surface area contributed by atoms with Gasteiger partial charge in [-0.1, -0.05) is 0 Å². The molecule has 0 aliphatic carbocycles. The van der Waals surface area contributed by atoms with Crippen LogP contribution in [0.5, 0.6) is 0 Å². The molecule has 2 N–H and O–H groups in total. The summed E-state index contributed by atoms with van der Waals surface area (Å²) in [5.74, 6) is -0.758. The Balaban J connectivity index is 0.000000815. The van der Waals surface area contributed by atoms with Crippen molar-refractivity contribution in [2.45, 2.75) is 44.2 Å². The van der Waals surface area contributed by atoms with Crippen LogP contribution in [0.1, 0.15) is 20.1 Å². The molecule has 2 aromatic heterocycles. The molecule has 9 heteroatoms. The van der Waals surface area contributed by atoms with E-state index in [0.29, 0.717) is 5.65 Å². The van der Waals surface area contributed by atoms with E-state index in [1.54, 1.807) is 4.57 Å². The summed E-state index contributed by atoms with van der Waals surface area (Å²) in [7, 11) is 0. The van der Waals surface area contributed by atoms with E-state index in [1.807, 2.05) is 13.8 Å². The van der Waals surface area contributed by atoms with Crippen LogP contribution >= 0.6 is 0 Å². The van der Waals surface area contributed by atoms with Gasteiger partial charge in [-0.3, -0.25) is 9.36 Å². The van der Waals surface area contributed by atoms with Crippen LogP contribution in [0.2, 0.25) is 0 Å². The zero-order valence-electron chi connectivity index (χ0n) is 13.5. The number of hydrogen-bond acceptors (Lipinski definition) is 7. The number of fused-ring (bicyclic) bond motifs is 2. The first-order valence-corrected chi connectivity index (χ1v) is 7.52. The van der Waals surface area contributed by atoms with Crippen molar-refractivity contribution in [2.75, 3.05) is 6.61 Å². The van der Waals surface area contributed by atoms with Crippen LogP contribution in [0.25, 0.3) is 11.2 Å². The number of ether oxygens (including phenoxy) is 3. The fourth-order valence-electron chi connectivity index (χ4n) is 3.08. The Morgan fingerprint density at radius 2 is 2.04 bits per heavy atom. The number of rotatable bonds is 2. The summed E-state index contributed by atoms with van der Waals surface area (Å²) in [6, 6.07) is 0. The minimum absolute atomic E-state index is 0.183. The third-order valence-corrected chi connectivity index (χ3v) is 3.94. The summed E-state index contributed by atoms with van der Waals surface area (Å²) in [6.07, 6.45) is 0.937. The molecular formula is C15H20N4O5. The molecule has 9 nitrogen and oxygen atoms in total. The third kappa shape index (κ3) is 2.55. The number of hydrogen-bond donors (Lipinski definition) is 2. The van der Waals surface area contributed by atoms with Gasteiger partial charge in [-0.2, -0.15) is 0 Å². The van der Waals surface area contributed by atoms with Crippen LogP contribution in [0.4, 0.5) is 0 Å². The zero-order valence-corrected chi connectivity index (χ0v) is 13.5. The molecule has 0 aromatic carbocycles. The topological polar surface area (TPSA) is 111 Å². The molecule has 2 aromatic rings. The van der Waals surface area contributed by atoms with Gasteiger partial charge in [0.1, 0.15) is 18.3 Å². The summed E-state index contributed by atoms with van der Waals surface area (Å²) >= 11 is 0. The molecule has 24 heavy (non-hydrogen) atoms. The lowest BCUT2D eigenvalue weighted by Gasteiger charge is -2.24. The molecular weight excluding hydrogens is 316 g/mol. The van der Waals surface area contributed by atoms with Crippen molar-refractivity contribution in [2.24, 2.45) is 0 Å². The molecule has 4 atom stereocenters. The van der Waals surface area contributed by atoms with Gasteiger partial charge in [0.25, 0.3) is 5.56 Å². The minimum atomic E-state index is -0.758. The highest BCUT2D eigenvalue weighted by Gasteiger charge is 2.55. The van der Waals surface area contributed by atoms with Crippen LogP contribution in [0.3, 0.4) is 0 Å². The van der Waals surface area contributed by atoms with Crippen molar-refractivity contribution in [3.63, 3.8) is 0 Å². The van der Waals surface area contributed by atoms with Gasteiger partial charge in [-0.15, -0.1) is 13.2 Å². The molecule has 130 valence electrons. The van der Waals surface area contributed by atoms with Crippen molar-refractivity contribution in [3.8, 4) is 0 Å². The summed E-state index contributed by atoms with van der Waals surface area (Å²) in [4.78, 5) is 22.5. The Kier molecular flexibility index (Phi) is 4.26. The molecule has 2 saturated heterocycles. The van der Waals surface area contributed by atoms with Crippen LogP contribution in [-0.4, -0.2) is 55.3 Å². The van der Waals surface area contributed by atoms with Crippen molar-refractivity contribution >= 4 is 11.2 Å². The van der Waals surface area contributed by atoms with E-state index in [9.17, 15) is 9.90 Å². The lowest BCUT2D eigenvalue weighted by molar-refractivity contribution is -0.199. The van der Waals surface area contributed by atoms with E-state index >= 15 is 0 Å². The highest BCUT2D eigenvalue weighted by atomic mass is 16.8. The highest BCUT2D eigenvalue weighted by Crippen LogP contribution is 2.43. The van der Waals surface area contributed by atoms with Crippen molar-refractivity contribution in [1.82, 2.24) is 19.5 Å². The number of aromatic amines is 1. The monoisotopic (exact) mass is 336 g/mol. The fraction of sp³-hybridized carbons (Fsp3) is 0.533. The largest absolute Gasteiger partial charge is 0.394 e. The molecule has 2 aliphatic rings. The third-order valence-electron chi connectivity index (χ3n) is 3.94. The van der Waals surface area contributed by atoms with E-state index in [1.165, 1.54) is 12.7 Å². The van der Waals surface area contributed by atoms with Gasteiger partial charge in [0.2, 0.25) is 0 Å². The highest BCUT2D eigenvalue weighted by molar-refractivity contribution is 5.68. The number of nitrogens with zero attached hydrogens (tertiary/aromatic N) is 3. The standard InChI is InChI=1S/C13H16N4O5.C2H4/c1-13(2)21-8-6(3-18)20-12(9(8)22-13)17-5-16-7-10(17)14-4-15-11(7)19;1-2/h4-6,8-9,12,18H,3H2,1-2H3,(H,14,15,19);1-2H2/t6-,8-,9-,12-;/m0./s1. The van der Waals surface area contributed by atoms with Crippen molar-refractivity contribution in [3.05, 3.63) is 36.2 Å². The van der Waals surface area contributed by atoms with Crippen molar-refractivity contribution in [1.29, 1.82) is 0 Å². The van der Waals surface area contributed by atoms with E-state index in [4.69, 9.17) is 14.2 Å². The Labute approximate surface area is 137 Å². The lowest BCUT2D eigenvalue weighted by atomic mass is 10.1. The fourth-order valence-corrected chi connectivity index (χ4v) is 3.08. The maximum Gasteiger partial charge on any atom is 0.278 e. The first kappa shape index (κ1) is 16.8. The second-order valence-corrected chi connectivity index (χ2v) is 5.87. The molecule has 0 radical (unpaired) electrons. The number of aliphatic hydroxyl groups is 1. The Morgan fingerprint density at radius 1 is 1.33 bits per heavy atom. The predicted octanol–water partition coefficient (Wildman–Crippen LogP) is 0.332. The summed E-state index contributed by atoms with van der Waals surface area (Å²) in [5.41, 5.74) is 0.314. The molecule has 0 bridgehead atoms. The van der Waals surface area contributed by atoms with E-state index in [0.717, 1.165) is 0 Å². The number of aliphatic hydroxyl groups excluding tert-OH is 1. The molecule has 0 amide bonds. The van der Waals surface area contributed by atoms with Gasteiger partial charge in [-0.05, 0) is 13.8 Å². The molecule has 0 unspecified atom stereocenters. The number of nitrogens with one attached hydrogen (secondary N) is 1. The summed E-state index contributed by atoms with van der Waals surface area (Å²) in [6.45, 7) is 9.44. The smallest absolute Gasteiger partial charge is 0.278 e. The lowest BCUT2D eigenvalue weighted by Crippen LogP contribution is -2.31. The van der Waals surface area contributed by atoms with Crippen LogP contribution in [0, 0.1) is 0 Å². The van der Waals surface area contributed by atoms with Crippen LogP contribution < -0.4 is 5.56 Å².